The van der Waals surface area contributed by atoms with Crippen molar-refractivity contribution in [1.29, 1.82) is 0 Å². The van der Waals surface area contributed by atoms with Crippen molar-refractivity contribution in [3.05, 3.63) is 71.8 Å². The summed E-state index contributed by atoms with van der Waals surface area (Å²) in [6.45, 7) is 2.78. The lowest BCUT2D eigenvalue weighted by atomic mass is 9.95. The van der Waals surface area contributed by atoms with E-state index in [1.807, 2.05) is 30.3 Å². The third-order valence-electron chi connectivity index (χ3n) is 6.60. The lowest BCUT2D eigenvalue weighted by molar-refractivity contribution is -0.199. The second-order valence-electron chi connectivity index (χ2n) is 9.14. The van der Waals surface area contributed by atoms with Crippen molar-refractivity contribution < 1.29 is 41.8 Å². The Morgan fingerprint density at radius 2 is 1.65 bits per heavy atom. The van der Waals surface area contributed by atoms with Crippen LogP contribution in [0.25, 0.3) is 0 Å². The minimum Gasteiger partial charge on any atom is -0.459 e. The van der Waals surface area contributed by atoms with Gasteiger partial charge in [-0.15, -0.1) is 0 Å². The maximum atomic E-state index is 12.4. The molecule has 0 unspecified atom stereocenters. The molecule has 184 valence electrons. The molecule has 0 amide bonds. The number of hydrogen-bond donors (Lipinski definition) is 2. The van der Waals surface area contributed by atoms with E-state index >= 15 is 0 Å². The van der Waals surface area contributed by atoms with Gasteiger partial charge < -0.3 is 24.4 Å². The van der Waals surface area contributed by atoms with Crippen LogP contribution in [-0.2, 0) is 35.1 Å². The van der Waals surface area contributed by atoms with E-state index in [1.165, 1.54) is 0 Å². The monoisotopic (exact) mass is 492 g/mol. The zero-order chi connectivity index (χ0) is 24.8. The zero-order valence-electron chi connectivity index (χ0n) is 19.1. The van der Waals surface area contributed by atoms with Crippen molar-refractivity contribution in [1.82, 2.24) is 0 Å². The third-order valence-corrected chi connectivity index (χ3v) is 7.19. The van der Waals surface area contributed by atoms with Crippen LogP contribution in [0.5, 0.6) is 0 Å². The van der Waals surface area contributed by atoms with E-state index in [1.54, 1.807) is 44.2 Å². The second-order valence-corrected chi connectivity index (χ2v) is 10.7. The number of carbonyl (C=O) groups is 1. The molecule has 5 atom stereocenters. The van der Waals surface area contributed by atoms with Gasteiger partial charge in [0.25, 0.3) is 10.1 Å². The molecule has 2 N–H and O–H groups in total. The highest BCUT2D eigenvalue weighted by Crippen LogP contribution is 2.72. The van der Waals surface area contributed by atoms with E-state index in [-0.39, 0.29) is 12.2 Å². The van der Waals surface area contributed by atoms with Crippen molar-refractivity contribution in [2.45, 2.75) is 50.2 Å². The van der Waals surface area contributed by atoms with Crippen molar-refractivity contribution >= 4 is 16.1 Å². The van der Waals surface area contributed by atoms with Gasteiger partial charge in [-0.05, 0) is 17.7 Å². The molecule has 1 saturated carbocycles. The predicted octanol–water partition coefficient (Wildman–Crippen LogP) is 1.63. The summed E-state index contributed by atoms with van der Waals surface area (Å²) < 4.78 is 46.3. The van der Waals surface area contributed by atoms with Crippen LogP contribution < -0.4 is 0 Å². The van der Waals surface area contributed by atoms with E-state index in [2.05, 4.69) is 0 Å². The van der Waals surface area contributed by atoms with Crippen molar-refractivity contribution in [3.8, 4) is 0 Å². The van der Waals surface area contributed by atoms with Gasteiger partial charge in [-0.25, -0.2) is 4.79 Å². The van der Waals surface area contributed by atoms with E-state index in [9.17, 15) is 23.4 Å². The number of esters is 1. The van der Waals surface area contributed by atoms with E-state index < -0.39 is 57.8 Å². The Hall–Kier alpha value is -2.34. The molecule has 2 aromatic carbocycles. The highest BCUT2D eigenvalue weighted by molar-refractivity contribution is 7.86. The average molecular weight is 493 g/mol. The molecule has 34 heavy (non-hydrogen) atoms. The number of benzene rings is 2. The summed E-state index contributed by atoms with van der Waals surface area (Å²) in [5.74, 6) is -2.68. The Labute approximate surface area is 198 Å². The van der Waals surface area contributed by atoms with Crippen LogP contribution in [0, 0.1) is 5.41 Å². The molecule has 2 fully saturated rings. The molecule has 1 saturated heterocycles. The number of carbonyl (C=O) groups excluding carboxylic acids is 1. The first-order chi connectivity index (χ1) is 15.9. The van der Waals surface area contributed by atoms with Crippen molar-refractivity contribution in [2.24, 2.45) is 5.41 Å². The smallest absolute Gasteiger partial charge is 0.338 e. The van der Waals surface area contributed by atoms with Crippen LogP contribution in [0.3, 0.4) is 0 Å². The number of fused-ring (bicyclic) bond motifs is 1. The van der Waals surface area contributed by atoms with Crippen LogP contribution in [0.15, 0.2) is 60.7 Å². The molecule has 4 rings (SSSR count). The van der Waals surface area contributed by atoms with Gasteiger partial charge in [-0.3, -0.25) is 4.18 Å². The lowest BCUT2D eigenvalue weighted by Crippen LogP contribution is -2.50. The quantitative estimate of drug-likeness (QED) is 0.396. The maximum Gasteiger partial charge on any atom is 0.338 e. The highest BCUT2D eigenvalue weighted by atomic mass is 32.2. The SMILES string of the molecule is CC1(C)[C@]2(O)O[C@H]([C@@H](COC(=O)c3ccccc3)OS(C)(=O)=O)[C@H](OCc3ccccc3)[C@]12O. The average Bonchev–Trinajstić information content (AvgIpc) is 3.00. The number of rotatable bonds is 9. The van der Waals surface area contributed by atoms with Crippen molar-refractivity contribution in [3.63, 3.8) is 0 Å². The molecular weight excluding hydrogens is 464 g/mol. The molecule has 9 nitrogen and oxygen atoms in total. The van der Waals surface area contributed by atoms with Crippen LogP contribution in [0.4, 0.5) is 0 Å². The fourth-order valence-electron chi connectivity index (χ4n) is 4.57. The lowest BCUT2D eigenvalue weighted by Gasteiger charge is -2.33. The van der Waals surface area contributed by atoms with E-state index in [0.29, 0.717) is 0 Å². The fourth-order valence-corrected chi connectivity index (χ4v) is 5.18. The molecule has 0 bridgehead atoms. The summed E-state index contributed by atoms with van der Waals surface area (Å²) in [6.07, 6.45) is -2.94. The minimum atomic E-state index is -4.02. The van der Waals surface area contributed by atoms with Crippen LogP contribution >= 0.6 is 0 Å². The molecule has 0 spiro atoms. The van der Waals surface area contributed by atoms with E-state index in [0.717, 1.165) is 11.8 Å². The topological polar surface area (TPSA) is 129 Å². The third kappa shape index (κ3) is 4.15. The van der Waals surface area contributed by atoms with Crippen LogP contribution in [0.1, 0.15) is 29.8 Å². The van der Waals surface area contributed by atoms with Gasteiger partial charge in [-0.1, -0.05) is 62.4 Å². The van der Waals surface area contributed by atoms with E-state index in [4.69, 9.17) is 18.4 Å². The summed E-state index contributed by atoms with van der Waals surface area (Å²) in [5, 5.41) is 22.4. The van der Waals surface area contributed by atoms with Gasteiger partial charge in [0.05, 0.1) is 23.8 Å². The summed E-state index contributed by atoms with van der Waals surface area (Å²) in [5.41, 5.74) is -1.85. The van der Waals surface area contributed by atoms with Crippen molar-refractivity contribution in [2.75, 3.05) is 12.9 Å². The van der Waals surface area contributed by atoms with Gasteiger partial charge in [0.2, 0.25) is 5.79 Å². The number of ether oxygens (including phenoxy) is 3. The zero-order valence-corrected chi connectivity index (χ0v) is 19.9. The highest BCUT2D eigenvalue weighted by Gasteiger charge is 2.93. The summed E-state index contributed by atoms with van der Waals surface area (Å²) in [4.78, 5) is 12.4. The maximum absolute atomic E-state index is 12.4. The predicted molar refractivity (Wildman–Crippen MR) is 120 cm³/mol. The molecule has 1 aliphatic heterocycles. The Morgan fingerprint density at radius 3 is 2.24 bits per heavy atom. The minimum absolute atomic E-state index is 0.0647. The molecule has 0 radical (unpaired) electrons. The van der Waals surface area contributed by atoms with Gasteiger partial charge in [0.1, 0.15) is 24.9 Å². The van der Waals surface area contributed by atoms with Gasteiger partial charge in [0, 0.05) is 0 Å². The molecule has 1 heterocycles. The second kappa shape index (κ2) is 8.71. The first kappa shape index (κ1) is 24.8. The fraction of sp³-hybridized carbons (Fsp3) is 0.458. The first-order valence-corrected chi connectivity index (χ1v) is 12.6. The molecular formula is C24H28O9S. The molecule has 0 aromatic heterocycles. The summed E-state index contributed by atoms with van der Waals surface area (Å²) in [7, 11) is -4.02. The number of hydrogen-bond acceptors (Lipinski definition) is 9. The molecule has 2 aliphatic rings. The standard InChI is InChI=1S/C24H28O9S/c1-22(2)23(26)20(30-14-16-10-6-4-7-11-16)19(32-24(22,23)27)18(33-34(3,28)29)15-31-21(25)17-12-8-5-9-13-17/h4-13,18-20,26-27H,14-15H2,1-3H3/t18-,19-,20+,23+,24+/m1/s1. The molecule has 10 heteroatoms. The Morgan fingerprint density at radius 1 is 1.06 bits per heavy atom. The Balaban J connectivity index is 1.58. The Bertz CT molecular complexity index is 1140. The number of aliphatic hydroxyl groups is 2. The normalized spacial score (nSPS) is 30.4. The van der Waals surface area contributed by atoms with Gasteiger partial charge in [-0.2, -0.15) is 8.42 Å². The van der Waals surface area contributed by atoms with Crippen LogP contribution in [-0.4, -0.2) is 67.2 Å². The summed E-state index contributed by atoms with van der Waals surface area (Å²) in [6, 6.07) is 17.3. The van der Waals surface area contributed by atoms with Gasteiger partial charge in [0.15, 0.2) is 5.60 Å². The first-order valence-electron chi connectivity index (χ1n) is 10.8. The Kier molecular flexibility index (Phi) is 6.34. The van der Waals surface area contributed by atoms with Gasteiger partial charge >= 0.3 is 5.97 Å². The largest absolute Gasteiger partial charge is 0.459 e. The van der Waals surface area contributed by atoms with Crippen LogP contribution in [0.2, 0.25) is 0 Å². The molecule has 1 aliphatic carbocycles. The molecule has 2 aromatic rings. The summed E-state index contributed by atoms with van der Waals surface area (Å²) >= 11 is 0.